The van der Waals surface area contributed by atoms with Crippen molar-refractivity contribution in [3.8, 4) is 0 Å². The molecule has 3 aliphatic carbocycles. The van der Waals surface area contributed by atoms with Gasteiger partial charge in [-0.05, 0) is 68.6 Å². The first-order valence-electron chi connectivity index (χ1n) is 11.5. The Morgan fingerprint density at radius 1 is 1.15 bits per heavy atom. The number of H-pyrrole nitrogens is 1. The molecule has 3 aliphatic rings. The van der Waals surface area contributed by atoms with Gasteiger partial charge in [-0.15, -0.1) is 0 Å². The number of carbonyl (C=O) groups excluding carboxylic acids is 2. The minimum atomic E-state index is -0.508. The van der Waals surface area contributed by atoms with Crippen LogP contribution in [0, 0.1) is 16.6 Å². The fourth-order valence-electron chi connectivity index (χ4n) is 5.37. The standard InChI is InChI=1S/C24H26ClFN6O2/c1-14(33)24-7-4-23(5-8-24,6-9-24)12-28-21-19-18(31-32-21)20(30-13-29-19)22(34)27-11-15-2-3-17(26)16(25)10-15/h2-3,10,13H,4-9,11-12H2,1H3,(H,27,34)(H2,28,31,32). The largest absolute Gasteiger partial charge is 0.366 e. The van der Waals surface area contributed by atoms with Crippen molar-refractivity contribution in [2.45, 2.75) is 52.0 Å². The lowest BCUT2D eigenvalue weighted by atomic mass is 9.52. The number of carbonyl (C=O) groups is 2. The summed E-state index contributed by atoms with van der Waals surface area (Å²) in [6, 6.07) is 4.30. The zero-order valence-corrected chi connectivity index (χ0v) is 19.6. The van der Waals surface area contributed by atoms with E-state index in [1.54, 1.807) is 13.0 Å². The molecular formula is C24H26ClFN6O2. The summed E-state index contributed by atoms with van der Waals surface area (Å²) in [6.07, 6.45) is 7.28. The van der Waals surface area contributed by atoms with E-state index < -0.39 is 11.7 Å². The molecule has 0 radical (unpaired) electrons. The third kappa shape index (κ3) is 4.02. The van der Waals surface area contributed by atoms with Crippen molar-refractivity contribution in [2.75, 3.05) is 11.9 Å². The van der Waals surface area contributed by atoms with Crippen LogP contribution >= 0.6 is 11.6 Å². The number of aromatic amines is 1. The Morgan fingerprint density at radius 2 is 1.88 bits per heavy atom. The van der Waals surface area contributed by atoms with Crippen molar-refractivity contribution in [1.29, 1.82) is 0 Å². The maximum atomic E-state index is 13.4. The first-order valence-corrected chi connectivity index (χ1v) is 11.8. The molecule has 1 aromatic carbocycles. The minimum Gasteiger partial charge on any atom is -0.366 e. The molecule has 0 spiro atoms. The molecule has 34 heavy (non-hydrogen) atoms. The van der Waals surface area contributed by atoms with Crippen LogP contribution < -0.4 is 10.6 Å². The molecule has 0 aliphatic heterocycles. The second-order valence-corrected chi connectivity index (χ2v) is 10.0. The average molecular weight is 485 g/mol. The lowest BCUT2D eigenvalue weighted by Gasteiger charge is -2.52. The van der Waals surface area contributed by atoms with Crippen LogP contribution in [0.25, 0.3) is 11.0 Å². The van der Waals surface area contributed by atoms with Crippen molar-refractivity contribution < 1.29 is 14.0 Å². The highest BCUT2D eigenvalue weighted by molar-refractivity contribution is 6.30. The summed E-state index contributed by atoms with van der Waals surface area (Å²) in [5.41, 5.74) is 1.90. The molecule has 0 saturated heterocycles. The number of halogens is 2. The normalized spacial score (nSPS) is 23.7. The maximum absolute atomic E-state index is 13.4. The Labute approximate surface area is 201 Å². The first kappa shape index (κ1) is 22.7. The maximum Gasteiger partial charge on any atom is 0.272 e. The fraction of sp³-hybridized carbons (Fsp3) is 0.458. The summed E-state index contributed by atoms with van der Waals surface area (Å²) in [7, 11) is 0. The Balaban J connectivity index is 1.27. The molecule has 6 rings (SSSR count). The molecule has 2 aromatic heterocycles. The third-order valence-electron chi connectivity index (χ3n) is 7.78. The number of anilines is 1. The van der Waals surface area contributed by atoms with Crippen LogP contribution in [0.4, 0.5) is 10.2 Å². The lowest BCUT2D eigenvalue weighted by molar-refractivity contribution is -0.135. The van der Waals surface area contributed by atoms with Gasteiger partial charge in [0.25, 0.3) is 5.91 Å². The zero-order chi connectivity index (χ0) is 23.9. The molecule has 1 amide bonds. The van der Waals surface area contributed by atoms with Gasteiger partial charge in [0.15, 0.2) is 11.5 Å². The Morgan fingerprint density at radius 3 is 2.56 bits per heavy atom. The minimum absolute atomic E-state index is 0.00263. The predicted molar refractivity (Wildman–Crippen MR) is 126 cm³/mol. The average Bonchev–Trinajstić information content (AvgIpc) is 3.28. The van der Waals surface area contributed by atoms with Crippen molar-refractivity contribution in [3.63, 3.8) is 0 Å². The number of Topliss-reactive ketones (excluding diaryl/α,β-unsaturated/α-hetero) is 1. The van der Waals surface area contributed by atoms with E-state index in [1.165, 1.54) is 18.5 Å². The van der Waals surface area contributed by atoms with Gasteiger partial charge in [0, 0.05) is 18.5 Å². The molecule has 3 fully saturated rings. The predicted octanol–water partition coefficient (Wildman–Crippen LogP) is 4.42. The number of ketones is 1. The molecule has 0 atom stereocenters. The molecule has 2 heterocycles. The second kappa shape index (κ2) is 8.61. The van der Waals surface area contributed by atoms with E-state index in [1.807, 2.05) is 0 Å². The quantitative estimate of drug-likeness (QED) is 0.457. The summed E-state index contributed by atoms with van der Waals surface area (Å²) in [4.78, 5) is 33.4. The van der Waals surface area contributed by atoms with Gasteiger partial charge in [0.2, 0.25) is 0 Å². The van der Waals surface area contributed by atoms with E-state index in [4.69, 9.17) is 11.6 Å². The SMILES string of the molecule is CC(=O)C12CCC(CNc3n[nH]c4c(C(=O)NCc5ccc(F)c(Cl)c5)ncnc34)(CC1)CC2. The molecule has 2 bridgehead atoms. The van der Waals surface area contributed by atoms with Gasteiger partial charge in [0.05, 0.1) is 5.02 Å². The topological polar surface area (TPSA) is 113 Å². The van der Waals surface area contributed by atoms with Crippen molar-refractivity contribution in [2.24, 2.45) is 10.8 Å². The summed E-state index contributed by atoms with van der Waals surface area (Å²) >= 11 is 5.81. The first-order chi connectivity index (χ1) is 16.3. The van der Waals surface area contributed by atoms with Crippen molar-refractivity contribution in [3.05, 3.63) is 46.6 Å². The van der Waals surface area contributed by atoms with Gasteiger partial charge >= 0.3 is 0 Å². The van der Waals surface area contributed by atoms with Crippen LogP contribution in [0.2, 0.25) is 5.02 Å². The number of aromatic nitrogens is 4. The third-order valence-corrected chi connectivity index (χ3v) is 8.07. The van der Waals surface area contributed by atoms with Crippen LogP contribution in [0.3, 0.4) is 0 Å². The number of amides is 1. The lowest BCUT2D eigenvalue weighted by Crippen LogP contribution is -2.47. The Bertz CT molecular complexity index is 1250. The van der Waals surface area contributed by atoms with Gasteiger partial charge in [-0.1, -0.05) is 17.7 Å². The van der Waals surface area contributed by atoms with E-state index in [2.05, 4.69) is 30.8 Å². The monoisotopic (exact) mass is 484 g/mol. The van der Waals surface area contributed by atoms with Crippen LogP contribution in [-0.2, 0) is 11.3 Å². The number of hydrogen-bond donors (Lipinski definition) is 3. The molecule has 0 unspecified atom stereocenters. The van der Waals surface area contributed by atoms with Gasteiger partial charge in [-0.25, -0.2) is 14.4 Å². The van der Waals surface area contributed by atoms with Crippen LogP contribution in [-0.4, -0.2) is 38.4 Å². The zero-order valence-electron chi connectivity index (χ0n) is 18.9. The highest BCUT2D eigenvalue weighted by Gasteiger charge is 2.50. The van der Waals surface area contributed by atoms with Crippen molar-refractivity contribution in [1.82, 2.24) is 25.5 Å². The van der Waals surface area contributed by atoms with Gasteiger partial charge in [-0.2, -0.15) is 5.10 Å². The summed E-state index contributed by atoms with van der Waals surface area (Å²) in [5.74, 6) is 0.00453. The van der Waals surface area contributed by atoms with Crippen molar-refractivity contribution >= 4 is 40.1 Å². The Kier molecular flexibility index (Phi) is 5.75. The van der Waals surface area contributed by atoms with E-state index in [-0.39, 0.29) is 28.1 Å². The van der Waals surface area contributed by atoms with E-state index in [0.717, 1.165) is 45.1 Å². The number of rotatable bonds is 7. The summed E-state index contributed by atoms with van der Waals surface area (Å²) < 4.78 is 13.4. The highest BCUT2D eigenvalue weighted by atomic mass is 35.5. The van der Waals surface area contributed by atoms with Crippen LogP contribution in [0.5, 0.6) is 0 Å². The molecular weight excluding hydrogens is 459 g/mol. The molecule has 3 saturated carbocycles. The molecule has 8 nitrogen and oxygen atoms in total. The molecule has 3 aromatic rings. The number of benzene rings is 1. The smallest absolute Gasteiger partial charge is 0.272 e. The van der Waals surface area contributed by atoms with E-state index >= 15 is 0 Å². The summed E-state index contributed by atoms with van der Waals surface area (Å²) in [5, 5.41) is 13.4. The van der Waals surface area contributed by atoms with Gasteiger partial charge in [-0.3, -0.25) is 14.7 Å². The van der Waals surface area contributed by atoms with E-state index in [9.17, 15) is 14.0 Å². The molecule has 10 heteroatoms. The number of nitrogens with one attached hydrogen (secondary N) is 3. The molecule has 178 valence electrons. The van der Waals surface area contributed by atoms with Gasteiger partial charge in [0.1, 0.15) is 29.0 Å². The van der Waals surface area contributed by atoms with E-state index in [0.29, 0.717) is 28.2 Å². The summed E-state index contributed by atoms with van der Waals surface area (Å²) in [6.45, 7) is 2.65. The number of hydrogen-bond acceptors (Lipinski definition) is 6. The Hall–Kier alpha value is -3.07. The van der Waals surface area contributed by atoms with Crippen LogP contribution in [0.1, 0.15) is 61.5 Å². The fourth-order valence-corrected chi connectivity index (χ4v) is 5.58. The highest BCUT2D eigenvalue weighted by Crippen LogP contribution is 2.57. The van der Waals surface area contributed by atoms with Crippen LogP contribution in [0.15, 0.2) is 24.5 Å². The second-order valence-electron chi connectivity index (χ2n) is 9.64. The van der Waals surface area contributed by atoms with Gasteiger partial charge < -0.3 is 10.6 Å². The molecule has 3 N–H and O–H groups in total. The number of fused-ring (bicyclic) bond motifs is 4. The number of nitrogens with zero attached hydrogens (tertiary/aromatic N) is 3.